The number of carboxylic acid groups (broad SMARTS) is 1. The molecule has 0 fully saturated rings. The zero-order valence-corrected chi connectivity index (χ0v) is 13.2. The predicted octanol–water partition coefficient (Wildman–Crippen LogP) is -0.138. The van der Waals surface area contributed by atoms with Crippen molar-refractivity contribution in [3.63, 3.8) is 0 Å². The fourth-order valence-electron chi connectivity index (χ4n) is 1.56. The smallest absolute Gasteiger partial charge is 0.332 e. The normalized spacial score (nSPS) is 13.7. The molecule has 0 aliphatic carbocycles. The molecular formula is C12H22NO8P. The second-order valence-corrected chi connectivity index (χ2v) is 6.12. The molecule has 0 amide bonds. The van der Waals surface area contributed by atoms with Crippen LogP contribution in [0.1, 0.15) is 19.8 Å². The third-order valence-electron chi connectivity index (χ3n) is 2.42. The Balaban J connectivity index is 4.34. The quantitative estimate of drug-likeness (QED) is 0.174. The molecule has 10 heteroatoms. The highest BCUT2D eigenvalue weighted by Crippen LogP contribution is 2.37. The van der Waals surface area contributed by atoms with Gasteiger partial charge in [-0.15, -0.1) is 0 Å². The van der Waals surface area contributed by atoms with Gasteiger partial charge in [0.25, 0.3) is 0 Å². The lowest BCUT2D eigenvalue weighted by Gasteiger charge is -2.11. The summed E-state index contributed by atoms with van der Waals surface area (Å²) < 4.78 is 20.7. The van der Waals surface area contributed by atoms with Crippen LogP contribution >= 0.6 is 7.60 Å². The number of allylic oxidation sites excluding steroid dienone is 1. The van der Waals surface area contributed by atoms with Gasteiger partial charge in [0.05, 0.1) is 12.8 Å². The predicted molar refractivity (Wildman–Crippen MR) is 77.3 cm³/mol. The Morgan fingerprint density at radius 1 is 1.36 bits per heavy atom. The number of esters is 1. The number of hydrogen-bond acceptors (Lipinski definition) is 6. The number of carbonyl (C=O) groups excluding carboxylic acids is 1. The summed E-state index contributed by atoms with van der Waals surface area (Å²) in [4.78, 5) is 39.6. The number of rotatable bonds is 11. The SMILES string of the molecule is CCOC(=O)COCCC/C(=C/C(N)C(=O)O)CP(=O)(O)O. The number of carboxylic acids is 1. The van der Waals surface area contributed by atoms with Crippen LogP contribution in [0.3, 0.4) is 0 Å². The van der Waals surface area contributed by atoms with E-state index in [1.165, 1.54) is 0 Å². The van der Waals surface area contributed by atoms with Crippen LogP contribution in [-0.2, 0) is 23.6 Å². The van der Waals surface area contributed by atoms with E-state index in [1.807, 2.05) is 0 Å². The maximum absolute atomic E-state index is 11.0. The van der Waals surface area contributed by atoms with E-state index < -0.39 is 31.7 Å². The van der Waals surface area contributed by atoms with E-state index in [2.05, 4.69) is 4.74 Å². The summed E-state index contributed by atoms with van der Waals surface area (Å²) in [5, 5.41) is 8.71. The molecule has 0 saturated carbocycles. The third kappa shape index (κ3) is 11.4. The van der Waals surface area contributed by atoms with Crippen molar-refractivity contribution in [2.24, 2.45) is 5.73 Å². The van der Waals surface area contributed by atoms with E-state index in [0.717, 1.165) is 6.08 Å². The first kappa shape index (κ1) is 20.8. The molecule has 9 nitrogen and oxygen atoms in total. The molecular weight excluding hydrogens is 317 g/mol. The first-order valence-electron chi connectivity index (χ1n) is 6.61. The molecule has 0 spiro atoms. The lowest BCUT2D eigenvalue weighted by Crippen LogP contribution is -2.28. The van der Waals surface area contributed by atoms with Gasteiger partial charge in [0.15, 0.2) is 0 Å². The summed E-state index contributed by atoms with van der Waals surface area (Å²) in [7, 11) is -4.32. The Labute approximate surface area is 128 Å². The largest absolute Gasteiger partial charge is 0.480 e. The summed E-state index contributed by atoms with van der Waals surface area (Å²) >= 11 is 0. The van der Waals surface area contributed by atoms with Crippen molar-refractivity contribution in [2.45, 2.75) is 25.8 Å². The van der Waals surface area contributed by atoms with Crippen LogP contribution in [0.5, 0.6) is 0 Å². The first-order chi connectivity index (χ1) is 10.2. The minimum absolute atomic E-state index is 0.166. The van der Waals surface area contributed by atoms with Crippen LogP contribution in [0.4, 0.5) is 0 Å². The Kier molecular flexibility index (Phi) is 9.88. The van der Waals surface area contributed by atoms with E-state index in [4.69, 9.17) is 25.4 Å². The fraction of sp³-hybridized carbons (Fsp3) is 0.667. The van der Waals surface area contributed by atoms with Crippen LogP contribution in [0, 0.1) is 0 Å². The average Bonchev–Trinajstić information content (AvgIpc) is 2.36. The number of ether oxygens (including phenoxy) is 2. The van der Waals surface area contributed by atoms with E-state index in [0.29, 0.717) is 6.42 Å². The van der Waals surface area contributed by atoms with Gasteiger partial charge in [-0.1, -0.05) is 11.6 Å². The van der Waals surface area contributed by atoms with Crippen LogP contribution in [-0.4, -0.2) is 58.9 Å². The molecule has 128 valence electrons. The lowest BCUT2D eigenvalue weighted by atomic mass is 10.1. The molecule has 0 saturated heterocycles. The summed E-state index contributed by atoms with van der Waals surface area (Å²) in [5.41, 5.74) is 5.56. The molecule has 0 radical (unpaired) electrons. The van der Waals surface area contributed by atoms with Crippen molar-refractivity contribution in [1.29, 1.82) is 0 Å². The Morgan fingerprint density at radius 3 is 2.50 bits per heavy atom. The Hall–Kier alpha value is -1.25. The minimum Gasteiger partial charge on any atom is -0.480 e. The first-order valence-corrected chi connectivity index (χ1v) is 8.41. The maximum atomic E-state index is 11.0. The van der Waals surface area contributed by atoms with Crippen LogP contribution in [0.25, 0.3) is 0 Å². The molecule has 5 N–H and O–H groups in total. The summed E-state index contributed by atoms with van der Waals surface area (Å²) in [6.45, 7) is 1.88. The van der Waals surface area contributed by atoms with Crippen molar-refractivity contribution in [3.8, 4) is 0 Å². The van der Waals surface area contributed by atoms with Gasteiger partial charge >= 0.3 is 19.5 Å². The molecule has 22 heavy (non-hydrogen) atoms. The zero-order chi connectivity index (χ0) is 17.2. The monoisotopic (exact) mass is 339 g/mol. The molecule has 0 aromatic rings. The second kappa shape index (κ2) is 10.5. The average molecular weight is 339 g/mol. The Bertz CT molecular complexity index is 444. The van der Waals surface area contributed by atoms with Gasteiger partial charge in [-0.3, -0.25) is 9.36 Å². The minimum atomic E-state index is -4.32. The lowest BCUT2D eigenvalue weighted by molar-refractivity contribution is -0.148. The van der Waals surface area contributed by atoms with Crippen molar-refractivity contribution in [1.82, 2.24) is 0 Å². The summed E-state index contributed by atoms with van der Waals surface area (Å²) in [6.07, 6.45) is 1.12. The van der Waals surface area contributed by atoms with Gasteiger partial charge in [0.1, 0.15) is 12.6 Å². The molecule has 0 bridgehead atoms. The van der Waals surface area contributed by atoms with Crippen LogP contribution in [0.15, 0.2) is 11.6 Å². The highest BCUT2D eigenvalue weighted by Gasteiger charge is 2.18. The molecule has 0 aliphatic rings. The van der Waals surface area contributed by atoms with Gasteiger partial charge in [-0.2, -0.15) is 0 Å². The molecule has 0 aliphatic heterocycles. The van der Waals surface area contributed by atoms with E-state index in [1.54, 1.807) is 6.92 Å². The van der Waals surface area contributed by atoms with Crippen molar-refractivity contribution >= 4 is 19.5 Å². The molecule has 1 atom stereocenters. The highest BCUT2D eigenvalue weighted by atomic mass is 31.2. The third-order valence-corrected chi connectivity index (χ3v) is 3.24. The maximum Gasteiger partial charge on any atom is 0.332 e. The van der Waals surface area contributed by atoms with Gasteiger partial charge in [0, 0.05) is 6.61 Å². The second-order valence-electron chi connectivity index (χ2n) is 4.47. The standard InChI is InChI=1S/C12H22NO8P/c1-2-21-11(14)7-20-5-3-4-9(8-22(17,18)19)6-10(13)12(15)16/h6,10H,2-5,7-8,13H2,1H3,(H,15,16)(H2,17,18,19)/b9-6-. The highest BCUT2D eigenvalue weighted by molar-refractivity contribution is 7.52. The number of aliphatic carboxylic acids is 1. The van der Waals surface area contributed by atoms with Crippen LogP contribution in [0.2, 0.25) is 0 Å². The molecule has 0 aromatic heterocycles. The Morgan fingerprint density at radius 2 is 2.00 bits per heavy atom. The topological polar surface area (TPSA) is 156 Å². The van der Waals surface area contributed by atoms with Gasteiger partial charge in [0.2, 0.25) is 0 Å². The van der Waals surface area contributed by atoms with Crippen LogP contribution < -0.4 is 5.73 Å². The number of hydrogen-bond donors (Lipinski definition) is 4. The number of nitrogens with two attached hydrogens (primary N) is 1. The zero-order valence-electron chi connectivity index (χ0n) is 12.3. The van der Waals surface area contributed by atoms with Gasteiger partial charge < -0.3 is 30.1 Å². The number of carbonyl (C=O) groups is 2. The van der Waals surface area contributed by atoms with Gasteiger partial charge in [-0.05, 0) is 19.8 Å². The fourth-order valence-corrected chi connectivity index (χ4v) is 2.36. The van der Waals surface area contributed by atoms with Crippen molar-refractivity contribution in [2.75, 3.05) is 26.0 Å². The van der Waals surface area contributed by atoms with E-state index >= 15 is 0 Å². The van der Waals surface area contributed by atoms with Gasteiger partial charge in [-0.25, -0.2) is 4.79 Å². The van der Waals surface area contributed by atoms with Crippen molar-refractivity contribution in [3.05, 3.63) is 11.6 Å². The van der Waals surface area contributed by atoms with E-state index in [9.17, 15) is 14.2 Å². The molecule has 1 unspecified atom stereocenters. The summed E-state index contributed by atoms with van der Waals surface area (Å²) in [5.74, 6) is -1.79. The molecule has 0 heterocycles. The molecule has 0 aromatic carbocycles. The molecule has 0 rings (SSSR count). The van der Waals surface area contributed by atoms with E-state index in [-0.39, 0.29) is 31.8 Å². The van der Waals surface area contributed by atoms with Crippen molar-refractivity contribution < 1.29 is 38.5 Å². The summed E-state index contributed by atoms with van der Waals surface area (Å²) in [6, 6.07) is -1.33.